The quantitative estimate of drug-likeness (QED) is 0.618. The Hall–Kier alpha value is -3.62. The molecule has 2 heterocycles. The Morgan fingerprint density at radius 3 is 2.57 bits per heavy atom. The molecule has 156 valence electrons. The van der Waals surface area contributed by atoms with Crippen molar-refractivity contribution in [3.05, 3.63) is 53.9 Å². The minimum atomic E-state index is -0.119. The Morgan fingerprint density at radius 1 is 1.07 bits per heavy atom. The van der Waals surface area contributed by atoms with Crippen molar-refractivity contribution < 1.29 is 19.0 Å². The maximum absolute atomic E-state index is 13.7. The van der Waals surface area contributed by atoms with Crippen LogP contribution in [0.15, 0.2) is 42.7 Å². The van der Waals surface area contributed by atoms with E-state index < -0.39 is 0 Å². The Balaban J connectivity index is 1.76. The second kappa shape index (κ2) is 8.40. The molecule has 3 aromatic rings. The number of nitrogens with zero attached hydrogens (tertiary/aromatic N) is 5. The maximum atomic E-state index is 13.7. The molecule has 1 saturated heterocycles. The topological polar surface area (TPSA) is 91.6 Å². The number of likely N-dealkylation sites (tertiary alicyclic amines) is 1. The predicted octanol–water partition coefficient (Wildman–Crippen LogP) is 2.67. The number of ether oxygens (including phenoxy) is 3. The number of rotatable bonds is 6. The lowest BCUT2D eigenvalue weighted by Crippen LogP contribution is -2.31. The first-order chi connectivity index (χ1) is 14.7. The molecule has 0 N–H and O–H groups in total. The van der Waals surface area contributed by atoms with Crippen LogP contribution in [-0.2, 0) is 0 Å². The summed E-state index contributed by atoms with van der Waals surface area (Å²) in [5.41, 5.74) is 2.01. The van der Waals surface area contributed by atoms with Gasteiger partial charge in [0.2, 0.25) is 0 Å². The van der Waals surface area contributed by atoms with Crippen LogP contribution >= 0.6 is 0 Å². The first-order valence-corrected chi connectivity index (χ1v) is 9.60. The van der Waals surface area contributed by atoms with Crippen molar-refractivity contribution in [1.82, 2.24) is 25.1 Å². The predicted molar refractivity (Wildman–Crippen MR) is 108 cm³/mol. The zero-order valence-electron chi connectivity index (χ0n) is 17.1. The minimum Gasteiger partial charge on any atom is -0.497 e. The Kier molecular flexibility index (Phi) is 5.51. The van der Waals surface area contributed by atoms with Crippen LogP contribution in [-0.4, -0.2) is 58.9 Å². The van der Waals surface area contributed by atoms with E-state index in [1.54, 1.807) is 26.4 Å². The largest absolute Gasteiger partial charge is 0.497 e. The molecule has 0 spiro atoms. The SMILES string of the molecule is COc1cccc([C@H]2CCCN2C(=O)c2cc(OC)c(OC)cc2-n2cnnn2)c1. The fourth-order valence-electron chi connectivity index (χ4n) is 3.86. The van der Waals surface area contributed by atoms with Crippen molar-refractivity contribution in [1.29, 1.82) is 0 Å². The van der Waals surface area contributed by atoms with Crippen LogP contribution in [0.5, 0.6) is 17.2 Å². The van der Waals surface area contributed by atoms with E-state index in [2.05, 4.69) is 15.5 Å². The van der Waals surface area contributed by atoms with E-state index in [0.29, 0.717) is 29.3 Å². The number of hydrogen-bond donors (Lipinski definition) is 0. The lowest BCUT2D eigenvalue weighted by atomic mass is 10.0. The summed E-state index contributed by atoms with van der Waals surface area (Å²) < 4.78 is 17.6. The average Bonchev–Trinajstić information content (AvgIpc) is 3.50. The second-order valence-electron chi connectivity index (χ2n) is 6.91. The molecule has 0 saturated carbocycles. The minimum absolute atomic E-state index is 0.0394. The molecule has 9 heteroatoms. The van der Waals surface area contributed by atoms with Crippen LogP contribution in [0.4, 0.5) is 0 Å². The number of aromatic nitrogens is 4. The number of carbonyl (C=O) groups is 1. The van der Waals surface area contributed by atoms with Crippen molar-refractivity contribution in [2.24, 2.45) is 0 Å². The zero-order chi connectivity index (χ0) is 21.1. The fraction of sp³-hybridized carbons (Fsp3) is 0.333. The van der Waals surface area contributed by atoms with Gasteiger partial charge in [-0.15, -0.1) is 5.10 Å². The fourth-order valence-corrected chi connectivity index (χ4v) is 3.86. The highest BCUT2D eigenvalue weighted by Crippen LogP contribution is 2.38. The standard InChI is InChI=1S/C21H23N5O4/c1-28-15-7-4-6-14(10-15)17-8-5-9-25(17)21(27)16-11-19(29-2)20(30-3)12-18(16)26-13-22-23-24-26/h4,6-7,10-13,17H,5,8-9H2,1-3H3/t17-/m1/s1. The molecule has 1 aromatic heterocycles. The van der Waals surface area contributed by atoms with Crippen molar-refractivity contribution in [2.75, 3.05) is 27.9 Å². The summed E-state index contributed by atoms with van der Waals surface area (Å²) in [4.78, 5) is 15.6. The van der Waals surface area contributed by atoms with Crippen LogP contribution in [0.2, 0.25) is 0 Å². The molecule has 30 heavy (non-hydrogen) atoms. The first kappa shape index (κ1) is 19.7. The van der Waals surface area contributed by atoms with Crippen LogP contribution in [0.25, 0.3) is 5.69 Å². The molecule has 1 atom stereocenters. The Bertz CT molecular complexity index is 1040. The van der Waals surface area contributed by atoms with Gasteiger partial charge in [0.1, 0.15) is 12.1 Å². The smallest absolute Gasteiger partial charge is 0.256 e. The lowest BCUT2D eigenvalue weighted by Gasteiger charge is -2.26. The van der Waals surface area contributed by atoms with Gasteiger partial charge >= 0.3 is 0 Å². The van der Waals surface area contributed by atoms with Crippen molar-refractivity contribution in [3.8, 4) is 22.9 Å². The molecule has 1 aliphatic heterocycles. The van der Waals surface area contributed by atoms with Crippen molar-refractivity contribution in [2.45, 2.75) is 18.9 Å². The van der Waals surface area contributed by atoms with E-state index in [1.165, 1.54) is 18.1 Å². The summed E-state index contributed by atoms with van der Waals surface area (Å²) in [5.74, 6) is 1.61. The number of tetrazole rings is 1. The molecule has 0 radical (unpaired) electrons. The maximum Gasteiger partial charge on any atom is 0.256 e. The summed E-state index contributed by atoms with van der Waals surface area (Å²) in [6.45, 7) is 0.657. The second-order valence-corrected chi connectivity index (χ2v) is 6.91. The van der Waals surface area contributed by atoms with Gasteiger partial charge in [0.15, 0.2) is 11.5 Å². The Labute approximate surface area is 174 Å². The van der Waals surface area contributed by atoms with Crippen LogP contribution < -0.4 is 14.2 Å². The molecule has 1 aliphatic rings. The zero-order valence-corrected chi connectivity index (χ0v) is 17.1. The molecule has 2 aromatic carbocycles. The van der Waals surface area contributed by atoms with Gasteiger partial charge in [0, 0.05) is 12.6 Å². The molecule has 1 amide bonds. The first-order valence-electron chi connectivity index (χ1n) is 9.60. The third-order valence-electron chi connectivity index (χ3n) is 5.32. The molecular weight excluding hydrogens is 386 g/mol. The highest BCUT2D eigenvalue weighted by Gasteiger charge is 2.33. The van der Waals surface area contributed by atoms with Crippen LogP contribution in [0.1, 0.15) is 34.8 Å². The van der Waals surface area contributed by atoms with Gasteiger partial charge in [-0.05, 0) is 47.0 Å². The van der Waals surface area contributed by atoms with Gasteiger partial charge < -0.3 is 19.1 Å². The molecular formula is C21H23N5O4. The van der Waals surface area contributed by atoms with Crippen molar-refractivity contribution >= 4 is 5.91 Å². The van der Waals surface area contributed by atoms with Gasteiger partial charge in [0.25, 0.3) is 5.91 Å². The number of benzene rings is 2. The third kappa shape index (κ3) is 3.54. The normalized spacial score (nSPS) is 15.8. The molecule has 0 unspecified atom stereocenters. The van der Waals surface area contributed by atoms with Gasteiger partial charge in [-0.2, -0.15) is 4.68 Å². The van der Waals surface area contributed by atoms with Crippen molar-refractivity contribution in [3.63, 3.8) is 0 Å². The Morgan fingerprint density at radius 2 is 1.87 bits per heavy atom. The van der Waals surface area contributed by atoms with E-state index in [1.807, 2.05) is 29.2 Å². The summed E-state index contributed by atoms with van der Waals surface area (Å²) in [6, 6.07) is 11.2. The summed E-state index contributed by atoms with van der Waals surface area (Å²) in [5, 5.41) is 11.4. The monoisotopic (exact) mass is 409 g/mol. The molecule has 0 aliphatic carbocycles. The number of carbonyl (C=O) groups excluding carboxylic acids is 1. The third-order valence-corrected chi connectivity index (χ3v) is 5.32. The van der Waals surface area contributed by atoms with Gasteiger partial charge in [-0.3, -0.25) is 4.79 Å². The van der Waals surface area contributed by atoms with Crippen LogP contribution in [0, 0.1) is 0 Å². The van der Waals surface area contributed by atoms with Gasteiger partial charge in [0.05, 0.1) is 38.6 Å². The lowest BCUT2D eigenvalue weighted by molar-refractivity contribution is 0.0735. The summed E-state index contributed by atoms with van der Waals surface area (Å²) in [6.07, 6.45) is 3.25. The highest BCUT2D eigenvalue weighted by molar-refractivity contribution is 5.99. The molecule has 0 bridgehead atoms. The van der Waals surface area contributed by atoms with E-state index >= 15 is 0 Å². The van der Waals surface area contributed by atoms with Gasteiger partial charge in [-0.25, -0.2) is 0 Å². The van der Waals surface area contributed by atoms with E-state index in [9.17, 15) is 4.79 Å². The van der Waals surface area contributed by atoms with Crippen LogP contribution in [0.3, 0.4) is 0 Å². The average molecular weight is 409 g/mol. The van der Waals surface area contributed by atoms with Gasteiger partial charge in [-0.1, -0.05) is 12.1 Å². The molecule has 1 fully saturated rings. The van der Waals surface area contributed by atoms with E-state index in [4.69, 9.17) is 14.2 Å². The summed E-state index contributed by atoms with van der Waals surface area (Å²) >= 11 is 0. The number of amides is 1. The molecule has 4 rings (SSSR count). The van der Waals surface area contributed by atoms with E-state index in [-0.39, 0.29) is 11.9 Å². The number of methoxy groups -OCH3 is 3. The highest BCUT2D eigenvalue weighted by atomic mass is 16.5. The number of hydrogen-bond acceptors (Lipinski definition) is 7. The summed E-state index contributed by atoms with van der Waals surface area (Å²) in [7, 11) is 4.72. The van der Waals surface area contributed by atoms with E-state index in [0.717, 1.165) is 24.2 Å². The molecule has 9 nitrogen and oxygen atoms in total.